The number of hydrogen-bond donors (Lipinski definition) is 0. The van der Waals surface area contributed by atoms with Crippen LogP contribution in [0.15, 0.2) is 16.3 Å². The van der Waals surface area contributed by atoms with Gasteiger partial charge in [-0.15, -0.1) is 0 Å². The quantitative estimate of drug-likeness (QED) is 0.341. The summed E-state index contributed by atoms with van der Waals surface area (Å²) >= 11 is 0. The minimum Gasteiger partial charge on any atom is -0.448 e. The molecule has 0 spiro atoms. The van der Waals surface area contributed by atoms with Crippen LogP contribution < -0.4 is 0 Å². The van der Waals surface area contributed by atoms with Gasteiger partial charge in [0.15, 0.2) is 5.90 Å². The smallest absolute Gasteiger partial charge is 0.186 e. The first kappa shape index (κ1) is 10.2. The predicted molar refractivity (Wildman–Crippen MR) is 48.8 cm³/mol. The van der Waals surface area contributed by atoms with Crippen molar-refractivity contribution in [3.05, 3.63) is 11.3 Å². The average Bonchev–Trinajstić information content (AvgIpc) is 2.02. The van der Waals surface area contributed by atoms with Crippen molar-refractivity contribution < 1.29 is 4.74 Å². The van der Waals surface area contributed by atoms with Gasteiger partial charge in [-0.1, -0.05) is 6.92 Å². The molecular weight excluding hydrogens is 138 g/mol. The molecule has 0 saturated heterocycles. The van der Waals surface area contributed by atoms with Crippen LogP contribution in [0.3, 0.4) is 0 Å². The van der Waals surface area contributed by atoms with Gasteiger partial charge >= 0.3 is 0 Å². The van der Waals surface area contributed by atoms with Gasteiger partial charge in [-0.3, -0.25) is 4.99 Å². The lowest BCUT2D eigenvalue weighted by Crippen LogP contribution is -1.98. The molecule has 0 N–H and O–H groups in total. The molecular formula is C9H17NO. The third-order valence-corrected chi connectivity index (χ3v) is 1.75. The van der Waals surface area contributed by atoms with Crippen molar-refractivity contribution >= 4 is 5.90 Å². The molecule has 0 radical (unpaired) electrons. The van der Waals surface area contributed by atoms with Gasteiger partial charge in [-0.2, -0.15) is 0 Å². The number of ether oxygens (including phenoxy) is 1. The van der Waals surface area contributed by atoms with Gasteiger partial charge in [0, 0.05) is 14.0 Å². The first-order valence-corrected chi connectivity index (χ1v) is 3.89. The van der Waals surface area contributed by atoms with E-state index in [9.17, 15) is 0 Å². The fourth-order valence-corrected chi connectivity index (χ4v) is 0.603. The second-order valence-corrected chi connectivity index (χ2v) is 2.53. The summed E-state index contributed by atoms with van der Waals surface area (Å²) < 4.78 is 5.38. The molecule has 11 heavy (non-hydrogen) atoms. The highest BCUT2D eigenvalue weighted by atomic mass is 16.5. The highest BCUT2D eigenvalue weighted by molar-refractivity contribution is 5.74. The molecule has 0 aliphatic rings. The number of aliphatic imine (C=N–C) groups is 1. The van der Waals surface area contributed by atoms with Crippen LogP contribution in [-0.4, -0.2) is 12.9 Å². The zero-order valence-corrected chi connectivity index (χ0v) is 8.06. The third-order valence-electron chi connectivity index (χ3n) is 1.75. The Bertz CT molecular complexity index is 180. The molecule has 0 aliphatic heterocycles. The Labute approximate surface area is 69.0 Å². The second kappa shape index (κ2) is 4.94. The maximum atomic E-state index is 5.38. The Morgan fingerprint density at radius 3 is 2.18 bits per heavy atom. The minimum atomic E-state index is 0.718. The second-order valence-electron chi connectivity index (χ2n) is 2.53. The maximum Gasteiger partial charge on any atom is 0.186 e. The van der Waals surface area contributed by atoms with E-state index in [0.717, 1.165) is 18.1 Å². The molecule has 0 amide bonds. The molecule has 0 aromatic heterocycles. The highest BCUT2D eigenvalue weighted by Crippen LogP contribution is 2.08. The summed E-state index contributed by atoms with van der Waals surface area (Å²) in [5, 5.41) is 0. The van der Waals surface area contributed by atoms with Gasteiger partial charge < -0.3 is 4.74 Å². The fraction of sp³-hybridized carbons (Fsp3) is 0.667. The van der Waals surface area contributed by atoms with Crippen LogP contribution in [0.1, 0.15) is 34.1 Å². The molecule has 64 valence electrons. The number of rotatable bonds is 2. The number of hydrogen-bond acceptors (Lipinski definition) is 2. The van der Waals surface area contributed by atoms with Gasteiger partial charge in [0.1, 0.15) is 5.76 Å². The van der Waals surface area contributed by atoms with Gasteiger partial charge in [-0.05, 0) is 25.8 Å². The molecule has 0 saturated carbocycles. The van der Waals surface area contributed by atoms with Crippen molar-refractivity contribution in [1.29, 1.82) is 0 Å². The Balaban J connectivity index is 4.16. The summed E-state index contributed by atoms with van der Waals surface area (Å²) in [5.41, 5.74) is 1.27. The first-order valence-electron chi connectivity index (χ1n) is 3.89. The summed E-state index contributed by atoms with van der Waals surface area (Å²) in [5.74, 6) is 1.69. The molecule has 0 aliphatic carbocycles. The fourth-order valence-electron chi connectivity index (χ4n) is 0.603. The standard InChI is InChI=1S/C9H17NO/c1-6-7(2)8(3)11-9(4)10-5/h6H2,1-5H3/b8-7+,10-9?. The van der Waals surface area contributed by atoms with Gasteiger partial charge in [0.2, 0.25) is 0 Å². The van der Waals surface area contributed by atoms with E-state index in [1.807, 2.05) is 13.8 Å². The average molecular weight is 155 g/mol. The van der Waals surface area contributed by atoms with E-state index < -0.39 is 0 Å². The molecule has 0 heterocycles. The zero-order chi connectivity index (χ0) is 8.85. The molecule has 2 nitrogen and oxygen atoms in total. The van der Waals surface area contributed by atoms with E-state index in [0.29, 0.717) is 0 Å². The monoisotopic (exact) mass is 155 g/mol. The normalized spacial score (nSPS) is 14.5. The van der Waals surface area contributed by atoms with E-state index in [1.54, 1.807) is 7.05 Å². The maximum absolute atomic E-state index is 5.38. The van der Waals surface area contributed by atoms with Crippen LogP contribution in [0.5, 0.6) is 0 Å². The van der Waals surface area contributed by atoms with Crippen LogP contribution in [0.25, 0.3) is 0 Å². The summed E-state index contributed by atoms with van der Waals surface area (Å²) in [6, 6.07) is 0. The Morgan fingerprint density at radius 1 is 1.27 bits per heavy atom. The van der Waals surface area contributed by atoms with Crippen molar-refractivity contribution in [3.8, 4) is 0 Å². The lowest BCUT2D eigenvalue weighted by molar-refractivity contribution is 0.404. The largest absolute Gasteiger partial charge is 0.448 e. The van der Waals surface area contributed by atoms with Crippen LogP contribution in [0.2, 0.25) is 0 Å². The lowest BCUT2D eigenvalue weighted by Gasteiger charge is -2.06. The zero-order valence-electron chi connectivity index (χ0n) is 8.06. The SMILES string of the molecule is CC/C(C)=C(\C)OC(C)=NC. The molecule has 0 aromatic rings. The van der Waals surface area contributed by atoms with Crippen LogP contribution in [0.4, 0.5) is 0 Å². The molecule has 0 bridgehead atoms. The van der Waals surface area contributed by atoms with Gasteiger partial charge in [0.05, 0.1) is 0 Å². The summed E-state index contributed by atoms with van der Waals surface area (Å²) in [6.45, 7) is 8.00. The number of allylic oxidation sites excluding steroid dienone is 2. The minimum absolute atomic E-state index is 0.718. The third kappa shape index (κ3) is 3.81. The van der Waals surface area contributed by atoms with E-state index in [2.05, 4.69) is 18.8 Å². The Kier molecular flexibility index (Phi) is 4.59. The van der Waals surface area contributed by atoms with Crippen LogP contribution >= 0.6 is 0 Å². The summed E-state index contributed by atoms with van der Waals surface area (Å²) in [7, 11) is 1.73. The Morgan fingerprint density at radius 2 is 1.82 bits per heavy atom. The summed E-state index contributed by atoms with van der Waals surface area (Å²) in [6.07, 6.45) is 1.03. The van der Waals surface area contributed by atoms with E-state index in [1.165, 1.54) is 5.57 Å². The van der Waals surface area contributed by atoms with Crippen LogP contribution in [-0.2, 0) is 4.74 Å². The van der Waals surface area contributed by atoms with Crippen molar-refractivity contribution in [3.63, 3.8) is 0 Å². The van der Waals surface area contributed by atoms with Crippen molar-refractivity contribution in [2.24, 2.45) is 4.99 Å². The van der Waals surface area contributed by atoms with E-state index in [4.69, 9.17) is 4.74 Å². The first-order chi connectivity index (χ1) is 5.11. The van der Waals surface area contributed by atoms with E-state index >= 15 is 0 Å². The molecule has 0 rings (SSSR count). The number of nitrogens with zero attached hydrogens (tertiary/aromatic N) is 1. The van der Waals surface area contributed by atoms with E-state index in [-0.39, 0.29) is 0 Å². The molecule has 0 unspecified atom stereocenters. The predicted octanol–water partition coefficient (Wildman–Crippen LogP) is 2.76. The molecule has 0 atom stereocenters. The lowest BCUT2D eigenvalue weighted by atomic mass is 10.2. The molecule has 0 aromatic carbocycles. The van der Waals surface area contributed by atoms with Crippen LogP contribution in [0, 0.1) is 0 Å². The summed E-state index contributed by atoms with van der Waals surface area (Å²) in [4.78, 5) is 3.91. The topological polar surface area (TPSA) is 21.6 Å². The van der Waals surface area contributed by atoms with Crippen molar-refractivity contribution in [2.45, 2.75) is 34.1 Å². The highest BCUT2D eigenvalue weighted by Gasteiger charge is 1.96. The van der Waals surface area contributed by atoms with Gasteiger partial charge in [-0.25, -0.2) is 0 Å². The van der Waals surface area contributed by atoms with Crippen molar-refractivity contribution in [2.75, 3.05) is 7.05 Å². The molecule has 2 heteroatoms. The Hall–Kier alpha value is -0.790. The van der Waals surface area contributed by atoms with Crippen molar-refractivity contribution in [1.82, 2.24) is 0 Å². The molecule has 0 fully saturated rings. The van der Waals surface area contributed by atoms with Gasteiger partial charge in [0.25, 0.3) is 0 Å².